The summed E-state index contributed by atoms with van der Waals surface area (Å²) in [6, 6.07) is 22.1. The third-order valence-electron chi connectivity index (χ3n) is 5.25. The third kappa shape index (κ3) is 5.42. The topological polar surface area (TPSA) is 104 Å². The first kappa shape index (κ1) is 23.6. The summed E-state index contributed by atoms with van der Waals surface area (Å²) in [4.78, 5) is 37.7. The van der Waals surface area contributed by atoms with Gasteiger partial charge in [0.2, 0.25) is 5.78 Å². The zero-order chi connectivity index (χ0) is 24.0. The number of aliphatic hydroxyl groups excluding tert-OH is 1. The van der Waals surface area contributed by atoms with E-state index in [-0.39, 0.29) is 5.76 Å². The molecule has 3 aromatic carbocycles. The molecule has 0 aromatic heterocycles. The Labute approximate surface area is 192 Å². The molecule has 0 saturated heterocycles. The van der Waals surface area contributed by atoms with Gasteiger partial charge in [0.15, 0.2) is 11.4 Å². The van der Waals surface area contributed by atoms with Gasteiger partial charge in [-0.15, -0.1) is 0 Å². The SMILES string of the molecule is Cc1cccc(C(O)(C(=O)CNC(=O)C(=O)/C=C(\O)c2ccccc2)c2cccc(C)c2)c1. The van der Waals surface area contributed by atoms with E-state index in [1.54, 1.807) is 66.7 Å². The summed E-state index contributed by atoms with van der Waals surface area (Å²) in [6.07, 6.45) is 0.794. The van der Waals surface area contributed by atoms with Crippen LogP contribution in [-0.4, -0.2) is 34.2 Å². The summed E-state index contributed by atoms with van der Waals surface area (Å²) in [5.74, 6) is -3.14. The van der Waals surface area contributed by atoms with E-state index >= 15 is 0 Å². The van der Waals surface area contributed by atoms with E-state index in [9.17, 15) is 24.6 Å². The highest BCUT2D eigenvalue weighted by atomic mass is 16.3. The van der Waals surface area contributed by atoms with Gasteiger partial charge in [-0.25, -0.2) is 0 Å². The molecule has 0 fully saturated rings. The molecule has 0 radical (unpaired) electrons. The summed E-state index contributed by atoms with van der Waals surface area (Å²) in [7, 11) is 0. The summed E-state index contributed by atoms with van der Waals surface area (Å²) < 4.78 is 0. The quantitative estimate of drug-likeness (QED) is 0.281. The minimum absolute atomic E-state index is 0.361. The van der Waals surface area contributed by atoms with Crippen LogP contribution in [0.4, 0.5) is 0 Å². The zero-order valence-corrected chi connectivity index (χ0v) is 18.4. The van der Waals surface area contributed by atoms with Crippen molar-refractivity contribution in [3.63, 3.8) is 0 Å². The largest absolute Gasteiger partial charge is 0.507 e. The second-order valence-electron chi connectivity index (χ2n) is 7.82. The van der Waals surface area contributed by atoms with E-state index in [1.807, 2.05) is 26.0 Å². The molecule has 3 N–H and O–H groups in total. The first-order chi connectivity index (χ1) is 15.7. The van der Waals surface area contributed by atoms with Crippen molar-refractivity contribution < 1.29 is 24.6 Å². The van der Waals surface area contributed by atoms with Gasteiger partial charge < -0.3 is 15.5 Å². The number of amides is 1. The van der Waals surface area contributed by atoms with Crippen molar-refractivity contribution in [2.24, 2.45) is 0 Å². The molecule has 6 heteroatoms. The van der Waals surface area contributed by atoms with Crippen LogP contribution in [0.15, 0.2) is 84.9 Å². The number of ketones is 2. The van der Waals surface area contributed by atoms with Gasteiger partial charge in [-0.3, -0.25) is 14.4 Å². The molecule has 6 nitrogen and oxygen atoms in total. The van der Waals surface area contributed by atoms with Crippen LogP contribution in [-0.2, 0) is 20.0 Å². The van der Waals surface area contributed by atoms with Gasteiger partial charge in [-0.1, -0.05) is 90.0 Å². The lowest BCUT2D eigenvalue weighted by Gasteiger charge is -2.28. The van der Waals surface area contributed by atoms with Crippen LogP contribution in [0, 0.1) is 13.8 Å². The van der Waals surface area contributed by atoms with Gasteiger partial charge >= 0.3 is 0 Å². The number of Topliss-reactive ketones (excluding diaryl/α,β-unsaturated/α-hetero) is 1. The van der Waals surface area contributed by atoms with E-state index in [2.05, 4.69) is 5.32 Å². The van der Waals surface area contributed by atoms with E-state index in [1.165, 1.54) is 0 Å². The van der Waals surface area contributed by atoms with Crippen LogP contribution in [0.25, 0.3) is 5.76 Å². The second kappa shape index (κ2) is 10.1. The monoisotopic (exact) mass is 443 g/mol. The predicted octanol–water partition coefficient (Wildman–Crippen LogP) is 3.39. The lowest BCUT2D eigenvalue weighted by Crippen LogP contribution is -2.45. The van der Waals surface area contributed by atoms with Crippen molar-refractivity contribution in [1.82, 2.24) is 5.32 Å². The molecule has 33 heavy (non-hydrogen) atoms. The molecule has 0 aliphatic heterocycles. The number of aryl methyl sites for hydroxylation is 2. The number of nitrogens with one attached hydrogen (secondary N) is 1. The van der Waals surface area contributed by atoms with Gasteiger partial charge in [0.1, 0.15) is 5.76 Å². The second-order valence-corrected chi connectivity index (χ2v) is 7.82. The molecule has 3 aromatic rings. The van der Waals surface area contributed by atoms with Crippen molar-refractivity contribution in [3.8, 4) is 0 Å². The van der Waals surface area contributed by atoms with E-state index in [0.29, 0.717) is 16.7 Å². The van der Waals surface area contributed by atoms with Crippen LogP contribution < -0.4 is 5.32 Å². The molecule has 0 atom stereocenters. The van der Waals surface area contributed by atoms with Crippen LogP contribution in [0.5, 0.6) is 0 Å². The summed E-state index contributed by atoms with van der Waals surface area (Å²) in [5.41, 5.74) is 0.791. The molecule has 0 aliphatic rings. The maximum atomic E-state index is 13.2. The van der Waals surface area contributed by atoms with Gasteiger partial charge in [0, 0.05) is 11.6 Å². The minimum Gasteiger partial charge on any atom is -0.507 e. The van der Waals surface area contributed by atoms with Crippen molar-refractivity contribution in [2.75, 3.05) is 6.54 Å². The Morgan fingerprint density at radius 3 is 1.91 bits per heavy atom. The number of carbonyl (C=O) groups is 3. The van der Waals surface area contributed by atoms with Crippen LogP contribution in [0.2, 0.25) is 0 Å². The number of aliphatic hydroxyl groups is 2. The summed E-state index contributed by atoms with van der Waals surface area (Å²) >= 11 is 0. The third-order valence-corrected chi connectivity index (χ3v) is 5.25. The number of carbonyl (C=O) groups excluding carboxylic acids is 3. The molecule has 0 bridgehead atoms. The fourth-order valence-electron chi connectivity index (χ4n) is 3.49. The van der Waals surface area contributed by atoms with Gasteiger partial charge in [-0.05, 0) is 25.0 Å². The normalized spacial score (nSPS) is 11.7. The first-order valence-corrected chi connectivity index (χ1v) is 10.4. The molecular formula is C27H25NO5. The molecule has 0 spiro atoms. The maximum Gasteiger partial charge on any atom is 0.292 e. The fourth-order valence-corrected chi connectivity index (χ4v) is 3.49. The summed E-state index contributed by atoms with van der Waals surface area (Å²) in [6.45, 7) is 3.11. The molecule has 0 saturated carbocycles. The van der Waals surface area contributed by atoms with Crippen molar-refractivity contribution in [2.45, 2.75) is 19.4 Å². The lowest BCUT2D eigenvalue weighted by atomic mass is 9.81. The molecule has 0 unspecified atom stereocenters. The Balaban J connectivity index is 1.81. The molecule has 1 amide bonds. The van der Waals surface area contributed by atoms with Gasteiger partial charge in [-0.2, -0.15) is 0 Å². The summed E-state index contributed by atoms with van der Waals surface area (Å²) in [5, 5.41) is 23.9. The average Bonchev–Trinajstić information content (AvgIpc) is 2.82. The van der Waals surface area contributed by atoms with Crippen LogP contribution >= 0.6 is 0 Å². The average molecular weight is 443 g/mol. The predicted molar refractivity (Wildman–Crippen MR) is 125 cm³/mol. The number of benzene rings is 3. The maximum absolute atomic E-state index is 13.2. The Bertz CT molecular complexity index is 1170. The minimum atomic E-state index is -2.02. The highest BCUT2D eigenvalue weighted by Gasteiger charge is 2.39. The molecular weight excluding hydrogens is 418 g/mol. The Kier molecular flexibility index (Phi) is 7.20. The number of rotatable bonds is 8. The number of hydrogen-bond donors (Lipinski definition) is 3. The molecule has 3 rings (SSSR count). The molecule has 0 heterocycles. The van der Waals surface area contributed by atoms with Crippen LogP contribution in [0.1, 0.15) is 27.8 Å². The highest BCUT2D eigenvalue weighted by Crippen LogP contribution is 2.31. The van der Waals surface area contributed by atoms with Crippen molar-refractivity contribution >= 4 is 23.2 Å². The Hall–Kier alpha value is -4.03. The molecule has 0 aliphatic carbocycles. The van der Waals surface area contributed by atoms with Crippen LogP contribution in [0.3, 0.4) is 0 Å². The molecule has 168 valence electrons. The zero-order valence-electron chi connectivity index (χ0n) is 18.4. The van der Waals surface area contributed by atoms with Gasteiger partial charge in [0.05, 0.1) is 6.54 Å². The van der Waals surface area contributed by atoms with Crippen molar-refractivity contribution in [1.29, 1.82) is 0 Å². The van der Waals surface area contributed by atoms with Crippen molar-refractivity contribution in [3.05, 3.63) is 113 Å². The highest BCUT2D eigenvalue weighted by molar-refractivity contribution is 6.41. The lowest BCUT2D eigenvalue weighted by molar-refractivity contribution is -0.138. The van der Waals surface area contributed by atoms with Gasteiger partial charge in [0.25, 0.3) is 5.91 Å². The standard InChI is InChI=1S/C27H25NO5/c1-18-8-6-12-21(14-18)27(33,22-13-7-9-19(2)15-22)25(31)17-28-26(32)24(30)16-23(29)20-10-4-3-5-11-20/h3-16,29,33H,17H2,1-2H3,(H,28,32)/b23-16-. The smallest absolute Gasteiger partial charge is 0.292 e. The van der Waals surface area contributed by atoms with E-state index in [0.717, 1.165) is 17.2 Å². The van der Waals surface area contributed by atoms with E-state index < -0.39 is 29.6 Å². The Morgan fingerprint density at radius 2 is 1.39 bits per heavy atom. The van der Waals surface area contributed by atoms with E-state index in [4.69, 9.17) is 0 Å². The Morgan fingerprint density at radius 1 is 0.848 bits per heavy atom. The fraction of sp³-hybridized carbons (Fsp3) is 0.148. The number of hydrogen-bond acceptors (Lipinski definition) is 5. The first-order valence-electron chi connectivity index (χ1n) is 10.4.